The Kier molecular flexibility index (Phi) is 5.38. The van der Waals surface area contributed by atoms with E-state index in [4.69, 9.17) is 20.9 Å². The molecule has 0 N–H and O–H groups in total. The minimum atomic E-state index is -0.562. The molecule has 3 heterocycles. The van der Waals surface area contributed by atoms with E-state index < -0.39 is 18.3 Å². The molecule has 0 atom stereocenters. The molecule has 6 nitrogen and oxygen atoms in total. The number of hydrogen-bond donors (Lipinski definition) is 0. The fourth-order valence-corrected chi connectivity index (χ4v) is 4.33. The van der Waals surface area contributed by atoms with Crippen molar-refractivity contribution in [3.05, 3.63) is 46.0 Å². The first-order valence-corrected chi connectivity index (χ1v) is 10.8. The molecule has 1 aromatic carbocycles. The molecule has 1 aromatic heterocycles. The molecule has 0 spiro atoms. The molecule has 0 radical (unpaired) electrons. The summed E-state index contributed by atoms with van der Waals surface area (Å²) in [6, 6.07) is 5.67. The van der Waals surface area contributed by atoms with E-state index in [9.17, 15) is 4.79 Å². The second-order valence-electron chi connectivity index (χ2n) is 9.38. The molecule has 0 unspecified atom stereocenters. The largest absolute Gasteiger partial charge is 0.496 e. The highest BCUT2D eigenvalue weighted by molar-refractivity contribution is 6.65. The molecule has 4 rings (SSSR count). The standard InChI is InChI=1S/C22H29BClN3O3/c1-21(2)22(3,4)30-23(29-21)15-9-7-8-14(19(15)24)12-18(28)20-25-16-13-26(5)11-10-17(16)27(20)6/h7-9H,10-13H2,1-6H3. The van der Waals surface area contributed by atoms with Crippen molar-refractivity contribution >= 4 is 30.0 Å². The van der Waals surface area contributed by atoms with Gasteiger partial charge in [-0.1, -0.05) is 29.8 Å². The summed E-state index contributed by atoms with van der Waals surface area (Å²) in [5.41, 5.74) is 2.74. The van der Waals surface area contributed by atoms with Crippen molar-refractivity contribution in [1.29, 1.82) is 0 Å². The van der Waals surface area contributed by atoms with E-state index >= 15 is 0 Å². The number of ketones is 1. The van der Waals surface area contributed by atoms with Gasteiger partial charge in [0.05, 0.1) is 16.9 Å². The van der Waals surface area contributed by atoms with E-state index in [1.807, 2.05) is 57.5 Å². The number of Topliss-reactive ketones (excluding diaryl/α,β-unsaturated/α-hetero) is 1. The van der Waals surface area contributed by atoms with E-state index in [2.05, 4.69) is 16.9 Å². The number of carbonyl (C=O) groups is 1. The van der Waals surface area contributed by atoms with Gasteiger partial charge in [-0.3, -0.25) is 4.79 Å². The molecule has 0 saturated carbocycles. The first kappa shape index (κ1) is 21.6. The second kappa shape index (κ2) is 7.48. The smallest absolute Gasteiger partial charge is 0.399 e. The number of carbonyl (C=O) groups excluding carboxylic acids is 1. The fourth-order valence-electron chi connectivity index (χ4n) is 4.05. The molecule has 0 amide bonds. The van der Waals surface area contributed by atoms with Crippen LogP contribution in [0.4, 0.5) is 0 Å². The summed E-state index contributed by atoms with van der Waals surface area (Å²) in [5, 5.41) is 0.517. The Morgan fingerprint density at radius 3 is 2.53 bits per heavy atom. The van der Waals surface area contributed by atoms with Gasteiger partial charge >= 0.3 is 7.12 Å². The summed E-state index contributed by atoms with van der Waals surface area (Å²) in [7, 11) is 3.43. The average molecular weight is 430 g/mol. The third-order valence-electron chi connectivity index (χ3n) is 6.66. The Morgan fingerprint density at radius 1 is 1.20 bits per heavy atom. The minimum absolute atomic E-state index is 0.0393. The van der Waals surface area contributed by atoms with Crippen LogP contribution in [0.5, 0.6) is 0 Å². The Labute approximate surface area is 183 Å². The molecule has 1 saturated heterocycles. The molecule has 1 fully saturated rings. The number of hydrogen-bond acceptors (Lipinski definition) is 5. The van der Waals surface area contributed by atoms with E-state index in [1.54, 1.807) is 0 Å². The zero-order valence-electron chi connectivity index (χ0n) is 18.6. The number of rotatable bonds is 4. The van der Waals surface area contributed by atoms with Crippen molar-refractivity contribution in [2.24, 2.45) is 7.05 Å². The maximum Gasteiger partial charge on any atom is 0.496 e. The number of fused-ring (bicyclic) bond motifs is 1. The molecule has 2 aliphatic rings. The van der Waals surface area contributed by atoms with Gasteiger partial charge in [-0.15, -0.1) is 0 Å². The topological polar surface area (TPSA) is 56.6 Å². The quantitative estimate of drug-likeness (QED) is 0.552. The number of nitrogens with zero attached hydrogens (tertiary/aromatic N) is 3. The molecular formula is C22H29BClN3O3. The van der Waals surface area contributed by atoms with Gasteiger partial charge in [0, 0.05) is 49.2 Å². The highest BCUT2D eigenvalue weighted by Crippen LogP contribution is 2.37. The van der Waals surface area contributed by atoms with Crippen molar-refractivity contribution in [2.45, 2.75) is 58.3 Å². The van der Waals surface area contributed by atoms with Crippen LogP contribution in [0.2, 0.25) is 5.02 Å². The van der Waals surface area contributed by atoms with Gasteiger partial charge in [0.25, 0.3) is 0 Å². The third kappa shape index (κ3) is 3.62. The number of likely N-dealkylation sites (N-methyl/N-ethyl adjacent to an activating group) is 1. The first-order valence-electron chi connectivity index (χ1n) is 10.4. The van der Waals surface area contributed by atoms with E-state index in [0.29, 0.717) is 10.8 Å². The first-order chi connectivity index (χ1) is 14.0. The van der Waals surface area contributed by atoms with Gasteiger partial charge in [0.1, 0.15) is 0 Å². The van der Waals surface area contributed by atoms with Gasteiger partial charge in [0.2, 0.25) is 5.78 Å². The number of imidazole rings is 1. The predicted molar refractivity (Wildman–Crippen MR) is 118 cm³/mol. The molecular weight excluding hydrogens is 401 g/mol. The monoisotopic (exact) mass is 429 g/mol. The normalized spacial score (nSPS) is 20.4. The van der Waals surface area contributed by atoms with Crippen molar-refractivity contribution in [2.75, 3.05) is 13.6 Å². The maximum absolute atomic E-state index is 13.1. The fraction of sp³-hybridized carbons (Fsp3) is 0.545. The molecule has 0 aliphatic carbocycles. The van der Waals surface area contributed by atoms with Crippen LogP contribution < -0.4 is 5.46 Å². The van der Waals surface area contributed by atoms with Crippen molar-refractivity contribution < 1.29 is 14.1 Å². The number of aromatic nitrogens is 2. The second-order valence-corrected chi connectivity index (χ2v) is 9.76. The lowest BCUT2D eigenvalue weighted by Crippen LogP contribution is -2.41. The van der Waals surface area contributed by atoms with Crippen molar-refractivity contribution in [3.63, 3.8) is 0 Å². The molecule has 160 valence electrons. The lowest BCUT2D eigenvalue weighted by atomic mass is 9.78. The summed E-state index contributed by atoms with van der Waals surface area (Å²) in [5.74, 6) is 0.454. The van der Waals surface area contributed by atoms with Gasteiger partial charge < -0.3 is 18.8 Å². The molecule has 0 bridgehead atoms. The van der Waals surface area contributed by atoms with Crippen LogP contribution in [0, 0.1) is 0 Å². The number of benzene rings is 1. The van der Waals surface area contributed by atoms with Crippen LogP contribution >= 0.6 is 11.6 Å². The van der Waals surface area contributed by atoms with E-state index in [0.717, 1.165) is 41.9 Å². The van der Waals surface area contributed by atoms with Gasteiger partial charge in [-0.25, -0.2) is 4.98 Å². The van der Waals surface area contributed by atoms with Gasteiger partial charge in [-0.05, 0) is 40.3 Å². The molecule has 30 heavy (non-hydrogen) atoms. The van der Waals surface area contributed by atoms with Crippen molar-refractivity contribution in [1.82, 2.24) is 14.5 Å². The number of halogens is 1. The highest BCUT2D eigenvalue weighted by atomic mass is 35.5. The Hall–Kier alpha value is -1.67. The average Bonchev–Trinajstić information content (AvgIpc) is 3.09. The zero-order valence-corrected chi connectivity index (χ0v) is 19.3. The van der Waals surface area contributed by atoms with Crippen LogP contribution in [-0.2, 0) is 35.7 Å². The lowest BCUT2D eigenvalue weighted by Gasteiger charge is -2.32. The molecule has 2 aromatic rings. The zero-order chi connectivity index (χ0) is 21.8. The van der Waals surface area contributed by atoms with Gasteiger partial charge in [-0.2, -0.15) is 0 Å². The Balaban J connectivity index is 1.58. The van der Waals surface area contributed by atoms with E-state index in [1.165, 1.54) is 0 Å². The summed E-state index contributed by atoms with van der Waals surface area (Å²) < 4.78 is 14.2. The maximum atomic E-state index is 13.1. The van der Waals surface area contributed by atoms with Crippen LogP contribution in [0.3, 0.4) is 0 Å². The SMILES string of the molecule is CN1CCc2c(nc(C(=O)Cc3cccc(B4OC(C)(C)C(C)(C)O4)c3Cl)n2C)C1. The summed E-state index contributed by atoms with van der Waals surface area (Å²) >= 11 is 6.72. The molecule has 8 heteroatoms. The van der Waals surface area contributed by atoms with Crippen LogP contribution in [0.1, 0.15) is 55.3 Å². The summed E-state index contributed by atoms with van der Waals surface area (Å²) in [6.45, 7) is 9.78. The van der Waals surface area contributed by atoms with Crippen LogP contribution in [-0.4, -0.2) is 52.1 Å². The lowest BCUT2D eigenvalue weighted by molar-refractivity contribution is 0.00578. The Bertz CT molecular complexity index is 986. The Morgan fingerprint density at radius 2 is 1.87 bits per heavy atom. The highest BCUT2D eigenvalue weighted by Gasteiger charge is 2.52. The summed E-state index contributed by atoms with van der Waals surface area (Å²) in [6.07, 6.45) is 1.09. The van der Waals surface area contributed by atoms with Crippen LogP contribution in [0.25, 0.3) is 0 Å². The van der Waals surface area contributed by atoms with Crippen molar-refractivity contribution in [3.8, 4) is 0 Å². The van der Waals surface area contributed by atoms with Gasteiger partial charge in [0.15, 0.2) is 5.82 Å². The summed E-state index contributed by atoms with van der Waals surface area (Å²) in [4.78, 5) is 20.0. The molecule has 2 aliphatic heterocycles. The minimum Gasteiger partial charge on any atom is -0.399 e. The predicted octanol–water partition coefficient (Wildman–Crippen LogP) is 2.79. The van der Waals surface area contributed by atoms with E-state index in [-0.39, 0.29) is 12.2 Å². The third-order valence-corrected chi connectivity index (χ3v) is 7.12. The van der Waals surface area contributed by atoms with Crippen LogP contribution in [0.15, 0.2) is 18.2 Å².